The van der Waals surface area contributed by atoms with E-state index in [9.17, 15) is 13.2 Å². The van der Waals surface area contributed by atoms with Crippen molar-refractivity contribution < 1.29 is 13.2 Å². The lowest BCUT2D eigenvalue weighted by molar-refractivity contribution is 0.0137. The van der Waals surface area contributed by atoms with Crippen molar-refractivity contribution in [1.29, 1.82) is 0 Å². The minimum absolute atomic E-state index is 0.539. The Morgan fingerprint density at radius 3 is 2.00 bits per heavy atom. The molecule has 0 fully saturated rings. The normalized spacial score (nSPS) is 10.5. The molecule has 0 aliphatic heterocycles. The number of alkyl halides is 2. The molecular weight excluding hydrogens is 189 g/mol. The first-order chi connectivity index (χ1) is 6.41. The molecule has 80 valence electrons. The van der Waals surface area contributed by atoms with E-state index >= 15 is 0 Å². The van der Waals surface area contributed by atoms with Crippen molar-refractivity contribution in [3.63, 3.8) is 0 Å². The summed E-state index contributed by atoms with van der Waals surface area (Å²) in [4.78, 5) is 0. The molecule has 0 aliphatic rings. The molecule has 1 aromatic rings. The highest BCUT2D eigenvalue weighted by Crippen LogP contribution is 2.29. The number of halogens is 3. The Balaban J connectivity index is 0.000000791. The number of rotatable bonds is 1. The van der Waals surface area contributed by atoms with Gasteiger partial charge in [-0.2, -0.15) is 0 Å². The molecule has 0 saturated carbocycles. The molecule has 0 saturated heterocycles. The number of hydrogen-bond donors (Lipinski definition) is 0. The Labute approximate surface area is 82.8 Å². The van der Waals surface area contributed by atoms with E-state index in [0.717, 1.165) is 12.1 Å². The highest BCUT2D eigenvalue weighted by molar-refractivity contribution is 5.27. The summed E-state index contributed by atoms with van der Waals surface area (Å²) in [6.07, 6.45) is 0. The molecule has 0 unspecified atom stereocenters. The highest BCUT2D eigenvalue weighted by atomic mass is 19.3. The molecule has 3 heteroatoms. The molecule has 14 heavy (non-hydrogen) atoms. The van der Waals surface area contributed by atoms with Crippen molar-refractivity contribution in [2.24, 2.45) is 0 Å². The van der Waals surface area contributed by atoms with E-state index in [1.54, 1.807) is 6.92 Å². The van der Waals surface area contributed by atoms with Gasteiger partial charge in [-0.05, 0) is 19.1 Å². The van der Waals surface area contributed by atoms with Crippen LogP contribution in [0.25, 0.3) is 0 Å². The minimum Gasteiger partial charge on any atom is -0.206 e. The van der Waals surface area contributed by atoms with Gasteiger partial charge in [-0.25, -0.2) is 13.2 Å². The van der Waals surface area contributed by atoms with Gasteiger partial charge in [0.2, 0.25) is 0 Å². The Kier molecular flexibility index (Phi) is 4.68. The summed E-state index contributed by atoms with van der Waals surface area (Å²) in [6, 6.07) is 3.68. The van der Waals surface area contributed by atoms with Crippen molar-refractivity contribution in [3.8, 4) is 0 Å². The molecular formula is C11H15F3. The molecule has 0 amide bonds. The molecule has 0 heterocycles. The monoisotopic (exact) mass is 204 g/mol. The second kappa shape index (κ2) is 5.03. The van der Waals surface area contributed by atoms with E-state index in [4.69, 9.17) is 0 Å². The fourth-order valence-corrected chi connectivity index (χ4v) is 0.976. The summed E-state index contributed by atoms with van der Waals surface area (Å²) in [6.45, 7) is 6.33. The third kappa shape index (κ3) is 3.40. The molecule has 0 radical (unpaired) electrons. The summed E-state index contributed by atoms with van der Waals surface area (Å²) in [5, 5.41) is 0. The van der Waals surface area contributed by atoms with Gasteiger partial charge in [0.15, 0.2) is 0 Å². The van der Waals surface area contributed by atoms with Crippen LogP contribution < -0.4 is 0 Å². The maximum atomic E-state index is 12.8. The first-order valence-corrected chi connectivity index (χ1v) is 4.55. The average molecular weight is 204 g/mol. The molecule has 0 aromatic heterocycles. The minimum atomic E-state index is -3.10. The third-order valence-electron chi connectivity index (χ3n) is 1.59. The smallest absolute Gasteiger partial charge is 0.206 e. The van der Waals surface area contributed by atoms with E-state index in [2.05, 4.69) is 0 Å². The Bertz CT molecular complexity index is 287. The van der Waals surface area contributed by atoms with Crippen LogP contribution in [0, 0.1) is 12.7 Å². The summed E-state index contributed by atoms with van der Waals surface area (Å²) in [7, 11) is 0. The van der Waals surface area contributed by atoms with Crippen LogP contribution in [0.5, 0.6) is 0 Å². The second-order valence-electron chi connectivity index (χ2n) is 2.87. The van der Waals surface area contributed by atoms with Gasteiger partial charge in [-0.3, -0.25) is 0 Å². The molecule has 0 spiro atoms. The summed E-state index contributed by atoms with van der Waals surface area (Å²) in [5.74, 6) is -3.95. The molecule has 0 atom stereocenters. The van der Waals surface area contributed by atoms with E-state index in [0.29, 0.717) is 12.5 Å². The van der Waals surface area contributed by atoms with Gasteiger partial charge in [0.25, 0.3) is 5.92 Å². The van der Waals surface area contributed by atoms with Gasteiger partial charge in [0, 0.05) is 6.92 Å². The maximum Gasteiger partial charge on any atom is 0.273 e. The summed E-state index contributed by atoms with van der Waals surface area (Å²) < 4.78 is 38.1. The van der Waals surface area contributed by atoms with Crippen molar-refractivity contribution in [1.82, 2.24) is 0 Å². The van der Waals surface area contributed by atoms with Crippen LogP contribution in [0.4, 0.5) is 13.2 Å². The molecule has 0 N–H and O–H groups in total. The second-order valence-corrected chi connectivity index (χ2v) is 2.87. The van der Waals surface area contributed by atoms with Crippen LogP contribution in [-0.2, 0) is 5.92 Å². The molecule has 0 bridgehead atoms. The zero-order chi connectivity index (χ0) is 11.4. The van der Waals surface area contributed by atoms with Crippen LogP contribution in [0.15, 0.2) is 18.2 Å². The highest BCUT2D eigenvalue weighted by Gasteiger charge is 2.27. The van der Waals surface area contributed by atoms with E-state index < -0.39 is 17.3 Å². The van der Waals surface area contributed by atoms with Gasteiger partial charge in [-0.15, -0.1) is 0 Å². The van der Waals surface area contributed by atoms with Gasteiger partial charge < -0.3 is 0 Å². The molecule has 1 rings (SSSR count). The SMILES string of the molecule is CC.Cc1ccc(F)c(C(C)(F)F)c1. The van der Waals surface area contributed by atoms with Gasteiger partial charge in [0.05, 0.1) is 5.56 Å². The van der Waals surface area contributed by atoms with E-state index in [1.807, 2.05) is 13.8 Å². The van der Waals surface area contributed by atoms with Crippen molar-refractivity contribution in [2.45, 2.75) is 33.6 Å². The summed E-state index contributed by atoms with van der Waals surface area (Å²) >= 11 is 0. The fraction of sp³-hybridized carbons (Fsp3) is 0.455. The Morgan fingerprint density at radius 2 is 1.64 bits per heavy atom. The Morgan fingerprint density at radius 1 is 1.14 bits per heavy atom. The zero-order valence-electron chi connectivity index (χ0n) is 8.87. The van der Waals surface area contributed by atoms with Crippen molar-refractivity contribution >= 4 is 0 Å². The lowest BCUT2D eigenvalue weighted by atomic mass is 10.1. The Hall–Kier alpha value is -0.990. The molecule has 0 aliphatic carbocycles. The predicted octanol–water partition coefficient (Wildman–Crippen LogP) is 4.27. The van der Waals surface area contributed by atoms with E-state index in [-0.39, 0.29) is 0 Å². The maximum absolute atomic E-state index is 12.8. The van der Waals surface area contributed by atoms with Gasteiger partial charge in [0.1, 0.15) is 5.82 Å². The lowest BCUT2D eigenvalue weighted by Gasteiger charge is -2.11. The average Bonchev–Trinajstić information content (AvgIpc) is 2.11. The topological polar surface area (TPSA) is 0 Å². The first-order valence-electron chi connectivity index (χ1n) is 4.55. The standard InChI is InChI=1S/C9H9F3.C2H6/c1-6-3-4-8(10)7(5-6)9(2,11)12;1-2/h3-5H,1-2H3;1-2H3. The molecule has 0 nitrogen and oxygen atoms in total. The fourth-order valence-electron chi connectivity index (χ4n) is 0.976. The van der Waals surface area contributed by atoms with E-state index in [1.165, 1.54) is 6.07 Å². The van der Waals surface area contributed by atoms with Crippen LogP contribution >= 0.6 is 0 Å². The van der Waals surface area contributed by atoms with Gasteiger partial charge in [-0.1, -0.05) is 25.5 Å². The van der Waals surface area contributed by atoms with Crippen LogP contribution in [-0.4, -0.2) is 0 Å². The predicted molar refractivity (Wildman–Crippen MR) is 52.1 cm³/mol. The van der Waals surface area contributed by atoms with Gasteiger partial charge >= 0.3 is 0 Å². The molecule has 1 aromatic carbocycles. The van der Waals surface area contributed by atoms with Crippen LogP contribution in [0.3, 0.4) is 0 Å². The van der Waals surface area contributed by atoms with Crippen molar-refractivity contribution in [2.75, 3.05) is 0 Å². The largest absolute Gasteiger partial charge is 0.273 e. The first kappa shape index (κ1) is 13.0. The number of aryl methyl sites for hydroxylation is 1. The van der Waals surface area contributed by atoms with Crippen molar-refractivity contribution in [3.05, 3.63) is 35.1 Å². The van der Waals surface area contributed by atoms with Crippen LogP contribution in [0.2, 0.25) is 0 Å². The lowest BCUT2D eigenvalue weighted by Crippen LogP contribution is -2.09. The summed E-state index contributed by atoms with van der Waals surface area (Å²) in [5.41, 5.74) is 0.0930. The third-order valence-corrected chi connectivity index (χ3v) is 1.59. The quantitative estimate of drug-likeness (QED) is 0.640. The number of hydrogen-bond acceptors (Lipinski definition) is 0. The van der Waals surface area contributed by atoms with Crippen LogP contribution in [0.1, 0.15) is 31.9 Å². The number of benzene rings is 1. The zero-order valence-corrected chi connectivity index (χ0v) is 8.87.